The van der Waals surface area contributed by atoms with Gasteiger partial charge < -0.3 is 10.3 Å². The van der Waals surface area contributed by atoms with Gasteiger partial charge in [-0.15, -0.1) is 0 Å². The van der Waals surface area contributed by atoms with E-state index in [0.29, 0.717) is 22.4 Å². The summed E-state index contributed by atoms with van der Waals surface area (Å²) in [6, 6.07) is 3.24. The largest absolute Gasteiger partial charge is 0.350 e. The maximum Gasteiger partial charge on any atom is 0.221 e. The van der Waals surface area contributed by atoms with Crippen LogP contribution in [0, 0.1) is 5.41 Å². The minimum atomic E-state index is -0.242. The van der Waals surface area contributed by atoms with Crippen molar-refractivity contribution < 1.29 is 9.59 Å². The predicted octanol–water partition coefficient (Wildman–Crippen LogP) is 2.35. The normalized spacial score (nSPS) is 11.5. The van der Waals surface area contributed by atoms with E-state index in [1.54, 1.807) is 25.3 Å². The lowest BCUT2D eigenvalue weighted by Gasteiger charge is -2.09. The first-order chi connectivity index (χ1) is 10.5. The van der Waals surface area contributed by atoms with Gasteiger partial charge in [0.2, 0.25) is 11.7 Å². The van der Waals surface area contributed by atoms with Crippen LogP contribution in [0.4, 0.5) is 5.69 Å². The fourth-order valence-corrected chi connectivity index (χ4v) is 2.51. The van der Waals surface area contributed by atoms with E-state index >= 15 is 0 Å². The van der Waals surface area contributed by atoms with Gasteiger partial charge in [0.05, 0.1) is 27.8 Å². The highest BCUT2D eigenvalue weighted by Gasteiger charge is 2.15. The van der Waals surface area contributed by atoms with Crippen LogP contribution in [0.2, 0.25) is 0 Å². The number of hydrogen-bond acceptors (Lipinski definition) is 4. The lowest BCUT2D eigenvalue weighted by molar-refractivity contribution is -0.114. The number of aromatic amines is 1. The van der Waals surface area contributed by atoms with Crippen molar-refractivity contribution in [2.24, 2.45) is 0 Å². The van der Waals surface area contributed by atoms with Gasteiger partial charge in [0, 0.05) is 23.9 Å². The van der Waals surface area contributed by atoms with Gasteiger partial charge in [0.15, 0.2) is 0 Å². The minimum Gasteiger partial charge on any atom is -0.350 e. The Kier molecular flexibility index (Phi) is 3.21. The van der Waals surface area contributed by atoms with E-state index in [9.17, 15) is 9.59 Å². The van der Waals surface area contributed by atoms with Crippen LogP contribution in [-0.2, 0) is 4.79 Å². The number of rotatable bonds is 3. The van der Waals surface area contributed by atoms with Crippen molar-refractivity contribution in [2.75, 3.05) is 5.32 Å². The molecule has 1 amide bonds. The van der Waals surface area contributed by atoms with Crippen molar-refractivity contribution in [3.05, 3.63) is 41.5 Å². The molecular formula is C16H14N4O2. The molecule has 0 bridgehead atoms. The lowest BCUT2D eigenvalue weighted by atomic mass is 10.1. The molecule has 2 heterocycles. The first-order valence-electron chi connectivity index (χ1n) is 6.78. The summed E-state index contributed by atoms with van der Waals surface area (Å²) >= 11 is 0. The van der Waals surface area contributed by atoms with Crippen LogP contribution in [0.1, 0.15) is 24.3 Å². The number of pyridine rings is 1. The van der Waals surface area contributed by atoms with Crippen LogP contribution in [0.15, 0.2) is 30.5 Å². The van der Waals surface area contributed by atoms with E-state index < -0.39 is 0 Å². The summed E-state index contributed by atoms with van der Waals surface area (Å²) < 4.78 is 0. The van der Waals surface area contributed by atoms with E-state index in [1.807, 2.05) is 0 Å². The van der Waals surface area contributed by atoms with Gasteiger partial charge >= 0.3 is 0 Å². The van der Waals surface area contributed by atoms with Gasteiger partial charge in [0.1, 0.15) is 0 Å². The molecule has 0 aliphatic heterocycles. The predicted molar refractivity (Wildman–Crippen MR) is 84.1 cm³/mol. The van der Waals surface area contributed by atoms with Gasteiger partial charge in [-0.05, 0) is 25.1 Å². The van der Waals surface area contributed by atoms with Gasteiger partial charge in [-0.25, -0.2) is 0 Å². The van der Waals surface area contributed by atoms with Gasteiger partial charge in [0.25, 0.3) is 0 Å². The fourth-order valence-electron chi connectivity index (χ4n) is 2.51. The number of hydrogen-bond donors (Lipinski definition) is 3. The van der Waals surface area contributed by atoms with Crippen molar-refractivity contribution >= 4 is 39.2 Å². The Labute approximate surface area is 125 Å². The van der Waals surface area contributed by atoms with Crippen LogP contribution in [0.5, 0.6) is 0 Å². The molecule has 6 nitrogen and oxygen atoms in total. The van der Waals surface area contributed by atoms with Crippen molar-refractivity contribution in [3.8, 4) is 0 Å². The van der Waals surface area contributed by atoms with Gasteiger partial charge in [-0.2, -0.15) is 0 Å². The minimum absolute atomic E-state index is 0.161. The smallest absolute Gasteiger partial charge is 0.221 e. The van der Waals surface area contributed by atoms with Crippen molar-refractivity contribution in [2.45, 2.75) is 13.8 Å². The van der Waals surface area contributed by atoms with Crippen molar-refractivity contribution in [1.29, 1.82) is 5.41 Å². The quantitative estimate of drug-likeness (QED) is 0.510. The molecule has 0 aliphatic carbocycles. The summed E-state index contributed by atoms with van der Waals surface area (Å²) in [6.07, 6.45) is 4.77. The third-order valence-corrected chi connectivity index (χ3v) is 3.38. The second kappa shape index (κ2) is 5.07. The molecule has 6 heteroatoms. The number of nitrogens with zero attached hydrogens (tertiary/aromatic N) is 1. The molecule has 0 fully saturated rings. The van der Waals surface area contributed by atoms with Crippen LogP contribution >= 0.6 is 0 Å². The highest BCUT2D eigenvalue weighted by Crippen LogP contribution is 2.29. The Morgan fingerprint density at radius 2 is 2.14 bits per heavy atom. The van der Waals surface area contributed by atoms with Crippen LogP contribution in [0.25, 0.3) is 21.8 Å². The highest BCUT2D eigenvalue weighted by atomic mass is 16.1. The van der Waals surface area contributed by atoms with Crippen LogP contribution in [0.3, 0.4) is 0 Å². The Balaban J connectivity index is 2.38. The molecule has 0 saturated heterocycles. The van der Waals surface area contributed by atoms with Crippen LogP contribution in [-0.4, -0.2) is 21.7 Å². The molecular weight excluding hydrogens is 280 g/mol. The zero-order chi connectivity index (χ0) is 15.9. The molecule has 0 saturated carbocycles. The standard InChI is InChI=1S/C16H14N4O2/c1-3-4-13(22)11-5-9-7-18-15-10(17)6-12(19-8(2)21)16(20-11)14(9)15/h3-7,17,20H,1-2H3,(H,19,21). The number of H-pyrrole nitrogens is 1. The maximum absolute atomic E-state index is 12.1. The summed E-state index contributed by atoms with van der Waals surface area (Å²) in [5.74, 6) is -0.403. The topological polar surface area (TPSA) is 98.7 Å². The molecule has 0 aliphatic rings. The third-order valence-electron chi connectivity index (χ3n) is 3.38. The van der Waals surface area contributed by atoms with Crippen molar-refractivity contribution in [3.63, 3.8) is 0 Å². The zero-order valence-electron chi connectivity index (χ0n) is 12.2. The summed E-state index contributed by atoms with van der Waals surface area (Å²) in [7, 11) is 0. The number of ketones is 1. The van der Waals surface area contributed by atoms with E-state index in [1.165, 1.54) is 19.1 Å². The molecule has 0 spiro atoms. The van der Waals surface area contributed by atoms with Gasteiger partial charge in [-0.1, -0.05) is 6.08 Å². The summed E-state index contributed by atoms with van der Waals surface area (Å²) in [5.41, 5.74) is 2.02. The monoisotopic (exact) mass is 294 g/mol. The number of allylic oxidation sites excluding steroid dienone is 2. The molecule has 0 radical (unpaired) electrons. The SMILES string of the molecule is CC=CC(=O)c1cc2cnc3c(=N)cc(NC(C)=O)c([nH]1)c23. The van der Waals surface area contributed by atoms with E-state index in [0.717, 1.165) is 10.8 Å². The second-order valence-corrected chi connectivity index (χ2v) is 5.01. The van der Waals surface area contributed by atoms with E-state index in [-0.39, 0.29) is 17.0 Å². The fraction of sp³-hybridized carbons (Fsp3) is 0.125. The molecule has 3 rings (SSSR count). The molecule has 3 aromatic rings. The molecule has 22 heavy (non-hydrogen) atoms. The molecule has 0 atom stereocenters. The number of anilines is 1. The second-order valence-electron chi connectivity index (χ2n) is 5.01. The Morgan fingerprint density at radius 3 is 2.82 bits per heavy atom. The third kappa shape index (κ3) is 2.14. The number of nitrogens with one attached hydrogen (secondary N) is 3. The molecule has 0 unspecified atom stereocenters. The average Bonchev–Trinajstić information content (AvgIpc) is 2.88. The highest BCUT2D eigenvalue weighted by molar-refractivity contribution is 6.16. The summed E-state index contributed by atoms with van der Waals surface area (Å²) in [4.78, 5) is 30.8. The van der Waals surface area contributed by atoms with Crippen molar-refractivity contribution in [1.82, 2.24) is 9.97 Å². The number of amides is 1. The maximum atomic E-state index is 12.1. The Bertz CT molecular complexity index is 985. The first-order valence-corrected chi connectivity index (χ1v) is 6.78. The number of aromatic nitrogens is 2. The van der Waals surface area contributed by atoms with E-state index in [2.05, 4.69) is 15.3 Å². The summed E-state index contributed by atoms with van der Waals surface area (Å²) in [6.45, 7) is 3.17. The van der Waals surface area contributed by atoms with E-state index in [4.69, 9.17) is 5.41 Å². The molecule has 110 valence electrons. The number of carbonyl (C=O) groups excluding carboxylic acids is 2. The average molecular weight is 294 g/mol. The Hall–Kier alpha value is -3.02. The summed E-state index contributed by atoms with van der Waals surface area (Å²) in [5, 5.41) is 12.4. The zero-order valence-corrected chi connectivity index (χ0v) is 12.2. The Morgan fingerprint density at radius 1 is 1.36 bits per heavy atom. The molecule has 2 aromatic heterocycles. The van der Waals surface area contributed by atoms with Gasteiger partial charge in [-0.3, -0.25) is 20.0 Å². The lowest BCUT2D eigenvalue weighted by Crippen LogP contribution is -2.11. The molecule has 1 aromatic carbocycles. The first kappa shape index (κ1) is 13.9. The number of benzene rings is 1. The van der Waals surface area contributed by atoms with Crippen LogP contribution < -0.4 is 10.7 Å². The number of carbonyl (C=O) groups is 2. The molecule has 3 N–H and O–H groups in total.